The summed E-state index contributed by atoms with van der Waals surface area (Å²) in [7, 11) is 0. The molecule has 1 unspecified atom stereocenters. The van der Waals surface area contributed by atoms with Crippen LogP contribution >= 0.6 is 0 Å². The van der Waals surface area contributed by atoms with Crippen molar-refractivity contribution in [2.45, 2.75) is 36.3 Å². The molecule has 0 aliphatic heterocycles. The van der Waals surface area contributed by atoms with Crippen LogP contribution in [0, 0.1) is 0 Å². The SMILES string of the molecule is O[C@H](CNC(c1cccc(Oc2cccc(-c3ccco3)c2)c1)c1cccc(C(F)(F)C(F)(F)C(F)(F)F)c1)C(F)(F)F. The summed E-state index contributed by atoms with van der Waals surface area (Å²) < 4.78 is 145. The maximum Gasteiger partial charge on any atom is 0.460 e. The Morgan fingerprint density at radius 2 is 1.33 bits per heavy atom. The van der Waals surface area contributed by atoms with Crippen LogP contribution in [0.3, 0.4) is 0 Å². The third-order valence-corrected chi connectivity index (χ3v) is 6.29. The summed E-state index contributed by atoms with van der Waals surface area (Å²) in [5.74, 6) is -11.2. The van der Waals surface area contributed by atoms with Crippen LogP contribution in [0.5, 0.6) is 11.5 Å². The van der Waals surface area contributed by atoms with Crippen molar-refractivity contribution in [1.82, 2.24) is 5.32 Å². The molecule has 1 aromatic heterocycles. The number of nitrogens with one attached hydrogen (secondary N) is 1. The maximum atomic E-state index is 14.5. The maximum absolute atomic E-state index is 14.5. The van der Waals surface area contributed by atoms with Gasteiger partial charge in [0.1, 0.15) is 17.3 Å². The number of ether oxygens (including phenoxy) is 1. The number of furan rings is 1. The molecule has 0 aliphatic rings. The second-order valence-electron chi connectivity index (χ2n) is 9.35. The van der Waals surface area contributed by atoms with Crippen molar-refractivity contribution in [2.75, 3.05) is 6.54 Å². The zero-order valence-electron chi connectivity index (χ0n) is 21.6. The molecule has 43 heavy (non-hydrogen) atoms. The number of halogens is 10. The lowest BCUT2D eigenvalue weighted by Gasteiger charge is -2.29. The van der Waals surface area contributed by atoms with Gasteiger partial charge in [-0.3, -0.25) is 0 Å². The van der Waals surface area contributed by atoms with Gasteiger partial charge in [0, 0.05) is 17.7 Å². The van der Waals surface area contributed by atoms with Crippen molar-refractivity contribution < 1.29 is 58.2 Å². The number of aliphatic hydroxyl groups excluding tert-OH is 1. The minimum atomic E-state index is -6.60. The first-order valence-corrected chi connectivity index (χ1v) is 12.3. The van der Waals surface area contributed by atoms with Gasteiger partial charge >= 0.3 is 24.2 Å². The van der Waals surface area contributed by atoms with E-state index in [1.54, 1.807) is 36.4 Å². The largest absolute Gasteiger partial charge is 0.464 e. The predicted octanol–water partition coefficient (Wildman–Crippen LogP) is 8.63. The first-order valence-electron chi connectivity index (χ1n) is 12.3. The van der Waals surface area contributed by atoms with Crippen LogP contribution in [0.1, 0.15) is 22.7 Å². The van der Waals surface area contributed by atoms with E-state index < -0.39 is 48.5 Å². The van der Waals surface area contributed by atoms with Gasteiger partial charge in [0.05, 0.1) is 12.3 Å². The molecule has 3 aromatic carbocycles. The van der Waals surface area contributed by atoms with Gasteiger partial charge in [-0.05, 0) is 53.6 Å². The fraction of sp³-hybridized carbons (Fsp3) is 0.241. The van der Waals surface area contributed by atoms with Crippen molar-refractivity contribution in [1.29, 1.82) is 0 Å². The lowest BCUT2D eigenvalue weighted by atomic mass is 9.93. The first kappa shape index (κ1) is 31.9. The van der Waals surface area contributed by atoms with Crippen LogP contribution in [0.15, 0.2) is 95.6 Å². The summed E-state index contributed by atoms with van der Waals surface area (Å²) in [5, 5.41) is 11.8. The van der Waals surface area contributed by atoms with Crippen molar-refractivity contribution in [3.05, 3.63) is 108 Å². The molecule has 230 valence electrons. The summed E-state index contributed by atoms with van der Waals surface area (Å²) in [5.41, 5.74) is -1.41. The Morgan fingerprint density at radius 1 is 0.721 bits per heavy atom. The minimum absolute atomic E-state index is 0.0529. The van der Waals surface area contributed by atoms with Crippen molar-refractivity contribution in [3.63, 3.8) is 0 Å². The van der Waals surface area contributed by atoms with E-state index in [0.717, 1.165) is 12.1 Å². The van der Waals surface area contributed by atoms with E-state index in [2.05, 4.69) is 5.32 Å². The van der Waals surface area contributed by atoms with E-state index in [9.17, 15) is 49.0 Å². The third kappa shape index (κ3) is 6.96. The van der Waals surface area contributed by atoms with Crippen LogP contribution in [0.2, 0.25) is 0 Å². The molecule has 0 bridgehead atoms. The summed E-state index contributed by atoms with van der Waals surface area (Å²) >= 11 is 0. The number of alkyl halides is 10. The van der Waals surface area contributed by atoms with Gasteiger partial charge in [0.15, 0.2) is 6.10 Å². The fourth-order valence-corrected chi connectivity index (χ4v) is 4.10. The average Bonchev–Trinajstić information content (AvgIpc) is 3.48. The molecule has 4 aromatic rings. The molecular weight excluding hydrogens is 600 g/mol. The number of aliphatic hydroxyl groups is 1. The first-order chi connectivity index (χ1) is 20.0. The Morgan fingerprint density at radius 3 is 1.93 bits per heavy atom. The normalized spacial score (nSPS) is 14.4. The summed E-state index contributed by atoms with van der Waals surface area (Å²) in [4.78, 5) is 0. The highest BCUT2D eigenvalue weighted by molar-refractivity contribution is 5.59. The Kier molecular flexibility index (Phi) is 8.84. The van der Waals surface area contributed by atoms with Crippen LogP contribution in [-0.4, -0.2) is 36.0 Å². The Labute approximate surface area is 237 Å². The predicted molar refractivity (Wildman–Crippen MR) is 134 cm³/mol. The molecule has 0 spiro atoms. The van der Waals surface area contributed by atoms with Crippen LogP contribution < -0.4 is 10.1 Å². The van der Waals surface area contributed by atoms with Crippen LogP contribution in [0.25, 0.3) is 11.3 Å². The number of hydrogen-bond donors (Lipinski definition) is 2. The molecule has 0 fully saturated rings. The average molecular weight is 621 g/mol. The molecule has 0 amide bonds. The highest BCUT2D eigenvalue weighted by Crippen LogP contribution is 2.52. The van der Waals surface area contributed by atoms with Gasteiger partial charge in [-0.15, -0.1) is 0 Å². The van der Waals surface area contributed by atoms with Gasteiger partial charge in [0.2, 0.25) is 0 Å². The summed E-state index contributed by atoms with van der Waals surface area (Å²) in [6, 6.07) is 16.4. The Bertz CT molecular complexity index is 1520. The molecule has 2 N–H and O–H groups in total. The second-order valence-corrected chi connectivity index (χ2v) is 9.35. The van der Waals surface area contributed by atoms with Gasteiger partial charge in [-0.2, -0.15) is 43.9 Å². The van der Waals surface area contributed by atoms with Crippen molar-refractivity contribution in [2.24, 2.45) is 0 Å². The summed E-state index contributed by atoms with van der Waals surface area (Å²) in [6.45, 7) is -1.18. The minimum Gasteiger partial charge on any atom is -0.464 e. The van der Waals surface area contributed by atoms with Gasteiger partial charge in [-0.1, -0.05) is 42.5 Å². The molecule has 14 heteroatoms. The quantitative estimate of drug-likeness (QED) is 0.174. The van der Waals surface area contributed by atoms with Crippen LogP contribution in [-0.2, 0) is 5.92 Å². The molecule has 1 heterocycles. The van der Waals surface area contributed by atoms with Gasteiger partial charge < -0.3 is 19.6 Å². The van der Waals surface area contributed by atoms with E-state index >= 15 is 0 Å². The zero-order chi connectivity index (χ0) is 31.6. The molecule has 4 rings (SSSR count). The molecule has 0 radical (unpaired) electrons. The van der Waals surface area contributed by atoms with E-state index in [1.807, 2.05) is 0 Å². The van der Waals surface area contributed by atoms with Crippen LogP contribution in [0.4, 0.5) is 43.9 Å². The standard InChI is InChI=1S/C29H21F10NO3/c30-26(31,28(35,36)29(37,38)39)20-8-1-6-18(13-20)25(40-16-24(41)27(32,33)34)19-7-3-10-22(15-19)43-21-9-2-5-17(14-21)23-11-4-12-42-23/h1-15,24-25,40-41H,16H2/t24-,25?/m1/s1. The van der Waals surface area contributed by atoms with E-state index in [4.69, 9.17) is 9.15 Å². The summed E-state index contributed by atoms with van der Waals surface area (Å²) in [6.07, 6.45) is -13.1. The fourth-order valence-electron chi connectivity index (χ4n) is 4.10. The molecule has 2 atom stereocenters. The van der Waals surface area contributed by atoms with E-state index in [0.29, 0.717) is 29.2 Å². The molecule has 0 saturated heterocycles. The lowest BCUT2D eigenvalue weighted by Crippen LogP contribution is -2.50. The molecular formula is C29H21F10NO3. The van der Waals surface area contributed by atoms with Crippen molar-refractivity contribution >= 4 is 0 Å². The zero-order valence-corrected chi connectivity index (χ0v) is 21.6. The lowest BCUT2D eigenvalue weighted by molar-refractivity contribution is -0.359. The number of hydrogen-bond acceptors (Lipinski definition) is 4. The second kappa shape index (κ2) is 11.9. The Hall–Kier alpha value is -4.04. The van der Waals surface area contributed by atoms with Crippen molar-refractivity contribution in [3.8, 4) is 22.8 Å². The van der Waals surface area contributed by atoms with Gasteiger partial charge in [-0.25, -0.2) is 0 Å². The third-order valence-electron chi connectivity index (χ3n) is 6.29. The molecule has 4 nitrogen and oxygen atoms in total. The number of benzene rings is 3. The molecule has 0 saturated carbocycles. The topological polar surface area (TPSA) is 54.6 Å². The highest BCUT2D eigenvalue weighted by Gasteiger charge is 2.73. The van der Waals surface area contributed by atoms with E-state index in [-0.39, 0.29) is 16.9 Å². The van der Waals surface area contributed by atoms with E-state index in [1.165, 1.54) is 30.5 Å². The molecule has 0 aliphatic carbocycles. The smallest absolute Gasteiger partial charge is 0.460 e. The highest BCUT2D eigenvalue weighted by atomic mass is 19.4. The van der Waals surface area contributed by atoms with Gasteiger partial charge in [0.25, 0.3) is 0 Å². The monoisotopic (exact) mass is 621 g/mol. The number of rotatable bonds is 10. The Balaban J connectivity index is 1.70.